The minimum absolute atomic E-state index is 0.0488. The van der Waals surface area contributed by atoms with Crippen LogP contribution in [0.5, 0.6) is 0 Å². The lowest BCUT2D eigenvalue weighted by molar-refractivity contribution is -0.136. The first kappa shape index (κ1) is 21.4. The molecule has 0 saturated carbocycles. The lowest BCUT2D eigenvalue weighted by Crippen LogP contribution is -2.53. The maximum absolute atomic E-state index is 13.1. The molecule has 0 bridgehead atoms. The smallest absolute Gasteiger partial charge is 0.237 e. The van der Waals surface area contributed by atoms with E-state index in [1.807, 2.05) is 36.9 Å². The second kappa shape index (κ2) is 9.01. The molecule has 8 heteroatoms. The summed E-state index contributed by atoms with van der Waals surface area (Å²) in [6.07, 6.45) is 1.38. The van der Waals surface area contributed by atoms with Gasteiger partial charge >= 0.3 is 0 Å². The summed E-state index contributed by atoms with van der Waals surface area (Å²) in [4.78, 5) is 19.4. The van der Waals surface area contributed by atoms with E-state index >= 15 is 0 Å². The predicted molar refractivity (Wildman–Crippen MR) is 114 cm³/mol. The van der Waals surface area contributed by atoms with Crippen LogP contribution in [0.1, 0.15) is 26.7 Å². The molecular formula is C20H30ClN3O3S. The van der Waals surface area contributed by atoms with Crippen molar-refractivity contribution in [1.82, 2.24) is 9.80 Å². The normalized spacial score (nSPS) is 23.5. The van der Waals surface area contributed by atoms with Gasteiger partial charge in [0.05, 0.1) is 18.1 Å². The highest BCUT2D eigenvalue weighted by Crippen LogP contribution is 2.23. The monoisotopic (exact) mass is 427 g/mol. The number of hydrogen-bond donors (Lipinski definition) is 0. The highest BCUT2D eigenvalue weighted by atomic mass is 35.5. The Hall–Kier alpha value is -1.31. The van der Waals surface area contributed by atoms with Crippen molar-refractivity contribution in [1.29, 1.82) is 0 Å². The molecule has 2 saturated heterocycles. The molecule has 0 radical (unpaired) electrons. The molecule has 0 unspecified atom stereocenters. The molecule has 2 heterocycles. The zero-order valence-electron chi connectivity index (χ0n) is 16.7. The fraction of sp³-hybridized carbons (Fsp3) is 0.650. The number of piperazine rings is 1. The first-order chi connectivity index (χ1) is 13.3. The van der Waals surface area contributed by atoms with Gasteiger partial charge in [-0.15, -0.1) is 0 Å². The molecule has 0 aromatic heterocycles. The molecule has 6 nitrogen and oxygen atoms in total. The predicted octanol–water partition coefficient (Wildman–Crippen LogP) is 2.28. The van der Waals surface area contributed by atoms with Crippen LogP contribution in [0, 0.1) is 0 Å². The summed E-state index contributed by atoms with van der Waals surface area (Å²) in [6.45, 7) is 7.69. The van der Waals surface area contributed by atoms with Gasteiger partial charge in [0.2, 0.25) is 5.91 Å². The van der Waals surface area contributed by atoms with E-state index < -0.39 is 9.84 Å². The average molecular weight is 428 g/mol. The number of benzene rings is 1. The Balaban J connectivity index is 1.58. The van der Waals surface area contributed by atoms with E-state index in [9.17, 15) is 13.2 Å². The molecule has 1 amide bonds. The van der Waals surface area contributed by atoms with Crippen LogP contribution in [0.3, 0.4) is 0 Å². The van der Waals surface area contributed by atoms with Crippen LogP contribution in [0.2, 0.25) is 5.02 Å². The molecule has 1 aromatic carbocycles. The molecule has 3 rings (SSSR count). The van der Waals surface area contributed by atoms with Crippen molar-refractivity contribution in [2.75, 3.05) is 49.1 Å². The Bertz CT molecular complexity index is 794. The first-order valence-electron chi connectivity index (χ1n) is 10.0. The van der Waals surface area contributed by atoms with Gasteiger partial charge in [0, 0.05) is 49.0 Å². The number of rotatable bonds is 6. The van der Waals surface area contributed by atoms with Gasteiger partial charge in [-0.05, 0) is 38.0 Å². The van der Waals surface area contributed by atoms with E-state index in [2.05, 4.69) is 15.9 Å². The number of anilines is 1. The number of nitrogens with zero attached hydrogens (tertiary/aromatic N) is 3. The minimum Gasteiger partial charge on any atom is -0.369 e. The van der Waals surface area contributed by atoms with Crippen LogP contribution in [0.4, 0.5) is 5.69 Å². The number of amides is 1. The Morgan fingerprint density at radius 3 is 2.57 bits per heavy atom. The van der Waals surface area contributed by atoms with Crippen molar-refractivity contribution in [2.24, 2.45) is 0 Å². The Morgan fingerprint density at radius 2 is 2.00 bits per heavy atom. The van der Waals surface area contributed by atoms with Gasteiger partial charge in [-0.1, -0.05) is 24.6 Å². The van der Waals surface area contributed by atoms with Crippen molar-refractivity contribution in [2.45, 2.75) is 38.8 Å². The summed E-state index contributed by atoms with van der Waals surface area (Å²) in [5.41, 5.74) is 1.11. The fourth-order valence-corrected chi connectivity index (χ4v) is 6.01. The third-order valence-corrected chi connectivity index (χ3v) is 7.85. The quantitative estimate of drug-likeness (QED) is 0.697. The highest BCUT2D eigenvalue weighted by Gasteiger charge is 2.37. The summed E-state index contributed by atoms with van der Waals surface area (Å²) < 4.78 is 23.8. The van der Waals surface area contributed by atoms with Crippen molar-refractivity contribution >= 4 is 33.0 Å². The summed E-state index contributed by atoms with van der Waals surface area (Å²) in [6, 6.07) is 7.71. The lowest BCUT2D eigenvalue weighted by atomic mass is 10.1. The maximum atomic E-state index is 13.1. The molecule has 156 valence electrons. The molecule has 2 aliphatic heterocycles. The molecule has 28 heavy (non-hydrogen) atoms. The first-order valence-corrected chi connectivity index (χ1v) is 12.2. The van der Waals surface area contributed by atoms with Crippen LogP contribution < -0.4 is 4.90 Å². The van der Waals surface area contributed by atoms with Crippen LogP contribution in [-0.4, -0.2) is 80.4 Å². The molecule has 2 aliphatic rings. The average Bonchev–Trinajstić information content (AvgIpc) is 3.01. The van der Waals surface area contributed by atoms with Crippen LogP contribution in [-0.2, 0) is 14.6 Å². The largest absolute Gasteiger partial charge is 0.369 e. The summed E-state index contributed by atoms with van der Waals surface area (Å²) >= 11 is 6.09. The van der Waals surface area contributed by atoms with E-state index in [1.165, 1.54) is 0 Å². The fourth-order valence-electron chi connectivity index (χ4n) is 4.11. The lowest BCUT2D eigenvalue weighted by Gasteiger charge is -2.39. The van der Waals surface area contributed by atoms with E-state index in [0.717, 1.165) is 43.3 Å². The SMILES string of the molecule is CC[C@@H](C)N(C(=O)CN1CCN(c2cccc(Cl)c2)CC1)[C@H]1CCS(=O)(=O)C1. The third-order valence-electron chi connectivity index (χ3n) is 5.86. The molecule has 2 atom stereocenters. The van der Waals surface area contributed by atoms with Gasteiger partial charge in [0.1, 0.15) is 0 Å². The number of carbonyl (C=O) groups is 1. The standard InChI is InChI=1S/C20H30ClN3O3S/c1-3-16(2)24(19-7-12-28(26,27)15-19)20(25)14-22-8-10-23(11-9-22)18-6-4-5-17(21)13-18/h4-6,13,16,19H,3,7-12,14-15H2,1-2H3/t16-,19+/m1/s1. The topological polar surface area (TPSA) is 60.9 Å². The van der Waals surface area contributed by atoms with Crippen LogP contribution in [0.15, 0.2) is 24.3 Å². The van der Waals surface area contributed by atoms with Crippen molar-refractivity contribution in [3.63, 3.8) is 0 Å². The second-order valence-corrected chi connectivity index (χ2v) is 10.5. The van der Waals surface area contributed by atoms with E-state index in [-0.39, 0.29) is 29.5 Å². The van der Waals surface area contributed by atoms with Gasteiger partial charge in [0.15, 0.2) is 9.84 Å². The summed E-state index contributed by atoms with van der Waals surface area (Å²) in [7, 11) is -3.02. The van der Waals surface area contributed by atoms with Crippen molar-refractivity contribution in [3.05, 3.63) is 29.3 Å². The van der Waals surface area contributed by atoms with Crippen molar-refractivity contribution in [3.8, 4) is 0 Å². The molecule has 0 N–H and O–H groups in total. The zero-order valence-corrected chi connectivity index (χ0v) is 18.3. The van der Waals surface area contributed by atoms with Crippen molar-refractivity contribution < 1.29 is 13.2 Å². The molecular weight excluding hydrogens is 398 g/mol. The van der Waals surface area contributed by atoms with Crippen LogP contribution in [0.25, 0.3) is 0 Å². The number of halogens is 1. The zero-order chi connectivity index (χ0) is 20.3. The number of carbonyl (C=O) groups excluding carboxylic acids is 1. The maximum Gasteiger partial charge on any atom is 0.237 e. The van der Waals surface area contributed by atoms with Crippen LogP contribution >= 0.6 is 11.6 Å². The number of sulfone groups is 1. The van der Waals surface area contributed by atoms with E-state index in [1.54, 1.807) is 0 Å². The highest BCUT2D eigenvalue weighted by molar-refractivity contribution is 7.91. The number of hydrogen-bond acceptors (Lipinski definition) is 5. The van der Waals surface area contributed by atoms with Gasteiger partial charge < -0.3 is 9.80 Å². The summed E-state index contributed by atoms with van der Waals surface area (Å²) in [5, 5.41) is 0.728. The minimum atomic E-state index is -3.02. The Labute approximate surface area is 173 Å². The van der Waals surface area contributed by atoms with Gasteiger partial charge in [-0.2, -0.15) is 0 Å². The molecule has 0 aliphatic carbocycles. The Kier molecular flexibility index (Phi) is 6.89. The molecule has 0 spiro atoms. The molecule has 1 aromatic rings. The summed E-state index contributed by atoms with van der Waals surface area (Å²) in [5.74, 6) is 0.342. The Morgan fingerprint density at radius 1 is 1.29 bits per heavy atom. The third kappa shape index (κ3) is 5.19. The van der Waals surface area contributed by atoms with Gasteiger partial charge in [0.25, 0.3) is 0 Å². The molecule has 2 fully saturated rings. The van der Waals surface area contributed by atoms with E-state index in [4.69, 9.17) is 11.6 Å². The van der Waals surface area contributed by atoms with Gasteiger partial charge in [-0.3, -0.25) is 9.69 Å². The van der Waals surface area contributed by atoms with E-state index in [0.29, 0.717) is 13.0 Å². The van der Waals surface area contributed by atoms with Gasteiger partial charge in [-0.25, -0.2) is 8.42 Å². The second-order valence-electron chi connectivity index (χ2n) is 7.86.